The first kappa shape index (κ1) is 16.3. The van der Waals surface area contributed by atoms with Gasteiger partial charge in [-0.25, -0.2) is 4.39 Å². The maximum atomic E-state index is 13.1. The molecule has 1 aromatic carbocycles. The van der Waals surface area contributed by atoms with Gasteiger partial charge in [-0.05, 0) is 43.5 Å². The zero-order valence-electron chi connectivity index (χ0n) is 14.1. The van der Waals surface area contributed by atoms with Crippen LogP contribution in [0.1, 0.15) is 46.6 Å². The van der Waals surface area contributed by atoms with E-state index in [1.54, 1.807) is 12.1 Å². The Hall–Kier alpha value is -2.21. The predicted octanol–water partition coefficient (Wildman–Crippen LogP) is 4.27. The zero-order valence-corrected chi connectivity index (χ0v) is 14.9. The van der Waals surface area contributed by atoms with Gasteiger partial charge >= 0.3 is 0 Å². The van der Waals surface area contributed by atoms with E-state index in [1.165, 1.54) is 36.3 Å². The molecule has 0 saturated heterocycles. The summed E-state index contributed by atoms with van der Waals surface area (Å²) in [4.78, 5) is 14.2. The zero-order chi connectivity index (χ0) is 17.4. The van der Waals surface area contributed by atoms with Gasteiger partial charge in [0.05, 0.1) is 17.1 Å². The van der Waals surface area contributed by atoms with Crippen molar-refractivity contribution in [1.82, 2.24) is 15.1 Å². The molecule has 3 aromatic rings. The van der Waals surface area contributed by atoms with Gasteiger partial charge in [0.1, 0.15) is 10.6 Å². The van der Waals surface area contributed by atoms with Gasteiger partial charge in [0.15, 0.2) is 0 Å². The summed E-state index contributed by atoms with van der Waals surface area (Å²) < 4.78 is 15.0. The van der Waals surface area contributed by atoms with Gasteiger partial charge in [0, 0.05) is 11.4 Å². The number of benzene rings is 1. The highest BCUT2D eigenvalue weighted by atomic mass is 32.1. The van der Waals surface area contributed by atoms with Gasteiger partial charge in [-0.1, -0.05) is 25.0 Å². The monoisotopic (exact) mass is 357 g/mol. The number of aromatic nitrogens is 2. The third-order valence-electron chi connectivity index (χ3n) is 4.77. The van der Waals surface area contributed by atoms with Crippen LogP contribution in [-0.4, -0.2) is 21.7 Å². The number of nitrogens with zero attached hydrogens (tertiary/aromatic N) is 2. The van der Waals surface area contributed by atoms with Crippen molar-refractivity contribution in [3.8, 4) is 0 Å². The molecule has 2 aromatic heterocycles. The number of halogens is 1. The third kappa shape index (κ3) is 3.31. The summed E-state index contributed by atoms with van der Waals surface area (Å²) in [6, 6.07) is 8.69. The van der Waals surface area contributed by atoms with E-state index in [4.69, 9.17) is 0 Å². The van der Waals surface area contributed by atoms with Crippen LogP contribution in [0.4, 0.5) is 4.39 Å². The first-order chi connectivity index (χ1) is 12.1. The second-order valence-corrected chi connectivity index (χ2v) is 7.68. The number of hydrogen-bond acceptors (Lipinski definition) is 3. The molecule has 0 spiro atoms. The lowest BCUT2D eigenvalue weighted by atomic mass is 10.2. The second-order valence-electron chi connectivity index (χ2n) is 6.65. The molecule has 1 aliphatic rings. The Morgan fingerprint density at radius 1 is 1.32 bits per heavy atom. The average Bonchev–Trinajstić information content (AvgIpc) is 3.29. The molecule has 0 radical (unpaired) electrons. The topological polar surface area (TPSA) is 46.9 Å². The molecule has 0 aliphatic heterocycles. The lowest BCUT2D eigenvalue weighted by Gasteiger charge is -2.10. The Labute approximate surface area is 149 Å². The highest BCUT2D eigenvalue weighted by Crippen LogP contribution is 2.29. The third-order valence-corrected chi connectivity index (χ3v) is 5.91. The molecule has 130 valence electrons. The van der Waals surface area contributed by atoms with E-state index in [9.17, 15) is 9.18 Å². The van der Waals surface area contributed by atoms with Crippen LogP contribution >= 0.6 is 11.3 Å². The summed E-state index contributed by atoms with van der Waals surface area (Å²) in [5, 5.41) is 8.73. The Balaban J connectivity index is 1.59. The number of aryl methyl sites for hydroxylation is 1. The number of hydrogen-bond donors (Lipinski definition) is 1. The molecular weight excluding hydrogens is 337 g/mol. The number of carbonyl (C=O) groups is 1. The molecule has 1 amide bonds. The summed E-state index contributed by atoms with van der Waals surface area (Å²) >= 11 is 1.47. The summed E-state index contributed by atoms with van der Waals surface area (Å²) in [6.07, 6.45) is 4.55. The van der Waals surface area contributed by atoms with Crippen LogP contribution < -0.4 is 5.32 Å². The Morgan fingerprint density at radius 3 is 2.76 bits per heavy atom. The van der Waals surface area contributed by atoms with Crippen molar-refractivity contribution in [2.24, 2.45) is 0 Å². The second kappa shape index (κ2) is 6.59. The van der Waals surface area contributed by atoms with Gasteiger partial charge < -0.3 is 5.32 Å². The fraction of sp³-hybridized carbons (Fsp3) is 0.368. The normalized spacial score (nSPS) is 15.1. The van der Waals surface area contributed by atoms with Crippen LogP contribution in [0.2, 0.25) is 0 Å². The number of carbonyl (C=O) groups excluding carboxylic acids is 1. The van der Waals surface area contributed by atoms with Crippen molar-refractivity contribution < 1.29 is 9.18 Å². The van der Waals surface area contributed by atoms with E-state index in [1.807, 2.05) is 17.7 Å². The highest BCUT2D eigenvalue weighted by molar-refractivity contribution is 7.20. The van der Waals surface area contributed by atoms with Crippen molar-refractivity contribution in [3.63, 3.8) is 0 Å². The van der Waals surface area contributed by atoms with Gasteiger partial charge in [-0.2, -0.15) is 5.10 Å². The fourth-order valence-corrected chi connectivity index (χ4v) is 4.49. The number of thiophene rings is 1. The van der Waals surface area contributed by atoms with Crippen LogP contribution in [0.3, 0.4) is 0 Å². The molecule has 4 nitrogen and oxygen atoms in total. The van der Waals surface area contributed by atoms with Crippen LogP contribution in [0.25, 0.3) is 10.2 Å². The van der Waals surface area contributed by atoms with E-state index in [0.29, 0.717) is 12.6 Å². The average molecular weight is 357 g/mol. The molecule has 1 N–H and O–H groups in total. The van der Waals surface area contributed by atoms with Gasteiger partial charge in [-0.15, -0.1) is 11.3 Å². The lowest BCUT2D eigenvalue weighted by molar-refractivity contribution is 0.0942. The molecule has 2 heterocycles. The minimum absolute atomic E-state index is 0.0147. The number of rotatable bonds is 4. The molecule has 0 unspecified atom stereocenters. The highest BCUT2D eigenvalue weighted by Gasteiger charge is 2.21. The van der Waals surface area contributed by atoms with Crippen LogP contribution in [0.5, 0.6) is 0 Å². The standard InChI is InChI=1S/C19H20FN3OS/c1-12-16-10-17(18(24)21-15-4-2-3-5-15)25-19(16)23(22-12)11-13-6-8-14(20)9-7-13/h6-10,15H,2-5,11H2,1H3,(H,21,24). The van der Waals surface area contributed by atoms with Crippen LogP contribution in [-0.2, 0) is 6.54 Å². The molecule has 0 bridgehead atoms. The summed E-state index contributed by atoms with van der Waals surface area (Å²) in [5.41, 5.74) is 1.89. The van der Waals surface area contributed by atoms with Crippen LogP contribution in [0.15, 0.2) is 30.3 Å². The van der Waals surface area contributed by atoms with E-state index in [-0.39, 0.29) is 11.7 Å². The molecule has 6 heteroatoms. The SMILES string of the molecule is Cc1nn(Cc2ccc(F)cc2)c2sc(C(=O)NC3CCCC3)cc12. The number of amides is 1. The van der Waals surface area contributed by atoms with Crippen molar-refractivity contribution in [3.05, 3.63) is 52.3 Å². The molecule has 4 rings (SSSR count). The molecule has 1 fully saturated rings. The molecule has 25 heavy (non-hydrogen) atoms. The smallest absolute Gasteiger partial charge is 0.261 e. The quantitative estimate of drug-likeness (QED) is 0.758. The molecule has 0 atom stereocenters. The van der Waals surface area contributed by atoms with Crippen molar-refractivity contribution in [2.75, 3.05) is 0 Å². The largest absolute Gasteiger partial charge is 0.349 e. The van der Waals surface area contributed by atoms with Gasteiger partial charge in [-0.3, -0.25) is 9.48 Å². The van der Waals surface area contributed by atoms with Crippen molar-refractivity contribution in [1.29, 1.82) is 0 Å². The van der Waals surface area contributed by atoms with Crippen molar-refractivity contribution >= 4 is 27.5 Å². The fourth-order valence-electron chi connectivity index (χ4n) is 3.42. The molecule has 1 saturated carbocycles. The first-order valence-electron chi connectivity index (χ1n) is 8.62. The predicted molar refractivity (Wildman–Crippen MR) is 97.6 cm³/mol. The lowest BCUT2D eigenvalue weighted by Crippen LogP contribution is -2.31. The Kier molecular flexibility index (Phi) is 4.29. The molecule has 1 aliphatic carbocycles. The van der Waals surface area contributed by atoms with E-state index >= 15 is 0 Å². The minimum atomic E-state index is -0.243. The van der Waals surface area contributed by atoms with E-state index in [0.717, 1.165) is 39.2 Å². The Morgan fingerprint density at radius 2 is 2.04 bits per heavy atom. The number of fused-ring (bicyclic) bond motifs is 1. The maximum absolute atomic E-state index is 13.1. The van der Waals surface area contributed by atoms with Crippen LogP contribution in [0, 0.1) is 12.7 Å². The van der Waals surface area contributed by atoms with E-state index in [2.05, 4.69) is 10.4 Å². The van der Waals surface area contributed by atoms with Gasteiger partial charge in [0.25, 0.3) is 5.91 Å². The first-order valence-corrected chi connectivity index (χ1v) is 9.44. The molecular formula is C19H20FN3OS. The number of nitrogens with one attached hydrogen (secondary N) is 1. The summed E-state index contributed by atoms with van der Waals surface area (Å²) in [6.45, 7) is 2.52. The summed E-state index contributed by atoms with van der Waals surface area (Å²) in [5.74, 6) is -0.228. The Bertz CT molecular complexity index is 907. The summed E-state index contributed by atoms with van der Waals surface area (Å²) in [7, 11) is 0. The maximum Gasteiger partial charge on any atom is 0.261 e. The van der Waals surface area contributed by atoms with E-state index < -0.39 is 0 Å². The minimum Gasteiger partial charge on any atom is -0.349 e. The van der Waals surface area contributed by atoms with Crippen molar-refractivity contribution in [2.45, 2.75) is 45.2 Å². The van der Waals surface area contributed by atoms with Gasteiger partial charge in [0.2, 0.25) is 0 Å².